The summed E-state index contributed by atoms with van der Waals surface area (Å²) in [5.41, 5.74) is 3.71. The van der Waals surface area contributed by atoms with Crippen LogP contribution < -0.4 is 15.0 Å². The molecule has 0 atom stereocenters. The highest BCUT2D eigenvalue weighted by Crippen LogP contribution is 2.35. The minimum atomic E-state index is -0.177. The molecule has 184 valence electrons. The molecule has 1 heterocycles. The third-order valence-corrected chi connectivity index (χ3v) is 6.10. The van der Waals surface area contributed by atoms with E-state index in [1.807, 2.05) is 36.4 Å². The van der Waals surface area contributed by atoms with Gasteiger partial charge in [0.25, 0.3) is 5.91 Å². The highest BCUT2D eigenvalue weighted by Gasteiger charge is 2.21. The van der Waals surface area contributed by atoms with Gasteiger partial charge in [-0.1, -0.05) is 57.7 Å². The molecule has 1 aliphatic carbocycles. The minimum Gasteiger partial charge on any atom is -0.484 e. The van der Waals surface area contributed by atoms with E-state index in [9.17, 15) is 4.79 Å². The number of para-hydroxylation sites is 1. The SMILES string of the molecule is CCC.CCN(CC)c1cc2nc(C3CCCCC3)[nH]c2cc1NC(=O)COc1ccccc1. The molecule has 2 aromatic carbocycles. The van der Waals surface area contributed by atoms with Gasteiger partial charge in [0, 0.05) is 19.0 Å². The summed E-state index contributed by atoms with van der Waals surface area (Å²) < 4.78 is 5.62. The maximum atomic E-state index is 12.6. The number of nitrogens with one attached hydrogen (secondary N) is 2. The van der Waals surface area contributed by atoms with E-state index in [0.717, 1.165) is 41.3 Å². The van der Waals surface area contributed by atoms with Crippen molar-refractivity contribution in [2.75, 3.05) is 29.9 Å². The van der Waals surface area contributed by atoms with Crippen LogP contribution in [0.4, 0.5) is 11.4 Å². The number of imidazole rings is 1. The van der Waals surface area contributed by atoms with E-state index in [2.05, 4.69) is 49.0 Å². The number of H-pyrrole nitrogens is 1. The second-order valence-corrected chi connectivity index (χ2v) is 8.87. The Balaban J connectivity index is 0.00000103. The molecule has 4 rings (SSSR count). The van der Waals surface area contributed by atoms with Gasteiger partial charge in [-0.25, -0.2) is 4.98 Å². The number of hydrogen-bond acceptors (Lipinski definition) is 4. The quantitative estimate of drug-likeness (QED) is 0.381. The van der Waals surface area contributed by atoms with Crippen LogP contribution in [0.1, 0.15) is 78.0 Å². The monoisotopic (exact) mass is 464 g/mol. The summed E-state index contributed by atoms with van der Waals surface area (Å²) in [5, 5.41) is 3.06. The molecule has 1 fully saturated rings. The van der Waals surface area contributed by atoms with Crippen molar-refractivity contribution >= 4 is 28.3 Å². The molecule has 0 bridgehead atoms. The van der Waals surface area contributed by atoms with Crippen molar-refractivity contribution in [1.82, 2.24) is 9.97 Å². The number of fused-ring (bicyclic) bond motifs is 1. The molecule has 34 heavy (non-hydrogen) atoms. The average Bonchev–Trinajstić information content (AvgIpc) is 3.28. The number of nitrogens with zero attached hydrogens (tertiary/aromatic N) is 2. The van der Waals surface area contributed by atoms with Gasteiger partial charge in [-0.05, 0) is 51.0 Å². The predicted molar refractivity (Wildman–Crippen MR) is 142 cm³/mol. The molecule has 1 aliphatic rings. The van der Waals surface area contributed by atoms with E-state index >= 15 is 0 Å². The Kier molecular flexibility index (Phi) is 9.80. The first-order chi connectivity index (χ1) is 16.6. The number of rotatable bonds is 8. The predicted octanol–water partition coefficient (Wildman–Crippen LogP) is 6.89. The van der Waals surface area contributed by atoms with Gasteiger partial charge in [0.15, 0.2) is 6.61 Å². The highest BCUT2D eigenvalue weighted by atomic mass is 16.5. The Morgan fingerprint density at radius 1 is 1.06 bits per heavy atom. The molecule has 0 radical (unpaired) electrons. The number of aromatic nitrogens is 2. The van der Waals surface area contributed by atoms with E-state index in [4.69, 9.17) is 9.72 Å². The Labute approximate surface area is 204 Å². The van der Waals surface area contributed by atoms with Gasteiger partial charge in [-0.15, -0.1) is 0 Å². The van der Waals surface area contributed by atoms with Crippen LogP contribution in [0.2, 0.25) is 0 Å². The molecule has 1 saturated carbocycles. The summed E-state index contributed by atoms with van der Waals surface area (Å²) in [6, 6.07) is 13.5. The number of amides is 1. The lowest BCUT2D eigenvalue weighted by atomic mass is 9.89. The third-order valence-electron chi connectivity index (χ3n) is 6.10. The lowest BCUT2D eigenvalue weighted by Gasteiger charge is -2.24. The van der Waals surface area contributed by atoms with Crippen molar-refractivity contribution in [3.05, 3.63) is 48.3 Å². The minimum absolute atomic E-state index is 0.0317. The van der Waals surface area contributed by atoms with Gasteiger partial charge in [0.2, 0.25) is 0 Å². The van der Waals surface area contributed by atoms with Crippen LogP contribution in [0.25, 0.3) is 11.0 Å². The van der Waals surface area contributed by atoms with E-state index in [-0.39, 0.29) is 12.5 Å². The van der Waals surface area contributed by atoms with Crippen LogP contribution >= 0.6 is 0 Å². The molecule has 0 unspecified atom stereocenters. The summed E-state index contributed by atoms with van der Waals surface area (Å²) in [5.74, 6) is 2.10. The zero-order valence-corrected chi connectivity index (χ0v) is 21.2. The molecule has 0 spiro atoms. The van der Waals surface area contributed by atoms with Gasteiger partial charge in [-0.2, -0.15) is 0 Å². The number of carbonyl (C=O) groups is 1. The number of carbonyl (C=O) groups excluding carboxylic acids is 1. The molecule has 0 saturated heterocycles. The second kappa shape index (κ2) is 13.0. The summed E-state index contributed by atoms with van der Waals surface area (Å²) in [6.07, 6.45) is 7.51. The van der Waals surface area contributed by atoms with Crippen molar-refractivity contribution < 1.29 is 9.53 Å². The largest absolute Gasteiger partial charge is 0.484 e. The first kappa shape index (κ1) is 25.6. The van der Waals surface area contributed by atoms with E-state index in [1.54, 1.807) is 0 Å². The Morgan fingerprint density at radius 3 is 2.38 bits per heavy atom. The Hall–Kier alpha value is -3.02. The molecule has 3 aromatic rings. The van der Waals surface area contributed by atoms with E-state index in [1.165, 1.54) is 38.5 Å². The van der Waals surface area contributed by atoms with Crippen LogP contribution in [-0.4, -0.2) is 35.6 Å². The fourth-order valence-electron chi connectivity index (χ4n) is 4.41. The maximum Gasteiger partial charge on any atom is 0.262 e. The highest BCUT2D eigenvalue weighted by molar-refractivity contribution is 5.99. The van der Waals surface area contributed by atoms with Crippen LogP contribution in [0.5, 0.6) is 5.75 Å². The Morgan fingerprint density at radius 2 is 1.74 bits per heavy atom. The maximum absolute atomic E-state index is 12.6. The topological polar surface area (TPSA) is 70.2 Å². The number of anilines is 2. The molecule has 1 aromatic heterocycles. The van der Waals surface area contributed by atoms with Crippen LogP contribution in [0.3, 0.4) is 0 Å². The van der Waals surface area contributed by atoms with Crippen molar-refractivity contribution in [3.63, 3.8) is 0 Å². The fraction of sp³-hybridized carbons (Fsp3) is 0.500. The lowest BCUT2D eigenvalue weighted by Crippen LogP contribution is -2.26. The standard InChI is InChI=1S/C25H32N4O2.C3H8/c1-3-29(4-2)23-16-21-20(27-25(28-21)18-11-7-5-8-12-18)15-22(23)26-24(30)17-31-19-13-9-6-10-14-19;1-3-2/h6,9-10,13-16,18H,3-5,7-8,11-12,17H2,1-2H3,(H,26,30)(H,27,28);3H2,1-2H3. The summed E-state index contributed by atoms with van der Waals surface area (Å²) in [6.45, 7) is 10.2. The molecular formula is C28H40N4O2. The molecule has 6 heteroatoms. The smallest absolute Gasteiger partial charge is 0.262 e. The first-order valence-electron chi connectivity index (χ1n) is 12.9. The zero-order chi connectivity index (χ0) is 24.3. The molecule has 2 N–H and O–H groups in total. The first-order valence-corrected chi connectivity index (χ1v) is 12.9. The molecular weight excluding hydrogens is 424 g/mol. The zero-order valence-electron chi connectivity index (χ0n) is 21.2. The summed E-state index contributed by atoms with van der Waals surface area (Å²) in [7, 11) is 0. The van der Waals surface area contributed by atoms with Gasteiger partial charge < -0.3 is 19.9 Å². The second-order valence-electron chi connectivity index (χ2n) is 8.87. The number of aromatic amines is 1. The molecule has 1 amide bonds. The van der Waals surface area contributed by atoms with Crippen molar-refractivity contribution in [1.29, 1.82) is 0 Å². The van der Waals surface area contributed by atoms with Gasteiger partial charge in [-0.3, -0.25) is 4.79 Å². The van der Waals surface area contributed by atoms with Crippen molar-refractivity contribution in [2.24, 2.45) is 0 Å². The average molecular weight is 465 g/mol. The van der Waals surface area contributed by atoms with E-state index in [0.29, 0.717) is 11.7 Å². The van der Waals surface area contributed by atoms with Crippen molar-refractivity contribution in [2.45, 2.75) is 72.1 Å². The van der Waals surface area contributed by atoms with Crippen LogP contribution in [-0.2, 0) is 4.79 Å². The van der Waals surface area contributed by atoms with Gasteiger partial charge in [0.05, 0.1) is 22.4 Å². The number of ether oxygens (including phenoxy) is 1. The molecule has 0 aliphatic heterocycles. The van der Waals surface area contributed by atoms with Crippen LogP contribution in [0.15, 0.2) is 42.5 Å². The van der Waals surface area contributed by atoms with Gasteiger partial charge in [0.1, 0.15) is 11.6 Å². The molecule has 6 nitrogen and oxygen atoms in total. The number of benzene rings is 2. The Bertz CT molecular complexity index is 1020. The summed E-state index contributed by atoms with van der Waals surface area (Å²) >= 11 is 0. The normalized spacial score (nSPS) is 13.8. The van der Waals surface area contributed by atoms with Gasteiger partial charge >= 0.3 is 0 Å². The van der Waals surface area contributed by atoms with Crippen LogP contribution in [0, 0.1) is 0 Å². The third kappa shape index (κ3) is 6.75. The van der Waals surface area contributed by atoms with Crippen molar-refractivity contribution in [3.8, 4) is 5.75 Å². The van der Waals surface area contributed by atoms with E-state index < -0.39 is 0 Å². The number of hydrogen-bond donors (Lipinski definition) is 2. The summed E-state index contributed by atoms with van der Waals surface area (Å²) in [4.78, 5) is 23.3. The lowest BCUT2D eigenvalue weighted by molar-refractivity contribution is -0.118. The fourth-order valence-corrected chi connectivity index (χ4v) is 4.41.